The molecule has 2 N–H and O–H groups in total. The zero-order chi connectivity index (χ0) is 16.9. The predicted octanol–water partition coefficient (Wildman–Crippen LogP) is 3.13. The number of ether oxygens (including phenoxy) is 3. The van der Waals surface area contributed by atoms with E-state index in [0.717, 1.165) is 35.9 Å². The van der Waals surface area contributed by atoms with E-state index in [9.17, 15) is 0 Å². The van der Waals surface area contributed by atoms with Crippen LogP contribution in [0.15, 0.2) is 12.1 Å². The molecule has 2 saturated carbocycles. The second kappa shape index (κ2) is 8.11. The van der Waals surface area contributed by atoms with Crippen LogP contribution in [-0.4, -0.2) is 27.4 Å². The minimum atomic E-state index is 0.673. The Balaban J connectivity index is 1.62. The quantitative estimate of drug-likeness (QED) is 0.869. The Hall–Kier alpha value is -1.42. The van der Waals surface area contributed by atoms with E-state index in [1.807, 2.05) is 0 Å². The van der Waals surface area contributed by atoms with E-state index >= 15 is 0 Å². The fraction of sp³-hybridized carbons (Fsp3) is 0.700. The van der Waals surface area contributed by atoms with E-state index in [-0.39, 0.29) is 0 Å². The molecule has 0 saturated heterocycles. The van der Waals surface area contributed by atoms with Crippen LogP contribution in [0.3, 0.4) is 0 Å². The van der Waals surface area contributed by atoms with Crippen LogP contribution < -0.4 is 19.5 Å². The van der Waals surface area contributed by atoms with Crippen molar-refractivity contribution in [2.24, 2.45) is 11.8 Å². The van der Waals surface area contributed by atoms with E-state index < -0.39 is 0 Å². The van der Waals surface area contributed by atoms with Crippen LogP contribution in [0.25, 0.3) is 0 Å². The maximum atomic E-state index is 5.46. The lowest BCUT2D eigenvalue weighted by Crippen LogP contribution is -2.89. The van der Waals surface area contributed by atoms with Crippen molar-refractivity contribution in [3.63, 3.8) is 0 Å². The summed E-state index contributed by atoms with van der Waals surface area (Å²) in [5.41, 5.74) is 1.23. The van der Waals surface area contributed by atoms with Crippen LogP contribution in [0.5, 0.6) is 17.2 Å². The summed E-state index contributed by atoms with van der Waals surface area (Å²) in [7, 11) is 5.00. The summed E-state index contributed by atoms with van der Waals surface area (Å²) >= 11 is 0. The molecule has 0 aromatic heterocycles. The Morgan fingerprint density at radius 2 is 1.54 bits per heavy atom. The van der Waals surface area contributed by atoms with Crippen molar-refractivity contribution < 1.29 is 19.5 Å². The lowest BCUT2D eigenvalue weighted by molar-refractivity contribution is -0.708. The number of fused-ring (bicyclic) bond motifs is 1. The van der Waals surface area contributed by atoms with Gasteiger partial charge in [-0.25, -0.2) is 0 Å². The maximum Gasteiger partial charge on any atom is 0.203 e. The van der Waals surface area contributed by atoms with E-state index in [4.69, 9.17) is 14.2 Å². The van der Waals surface area contributed by atoms with Crippen molar-refractivity contribution in [2.45, 2.75) is 57.5 Å². The van der Waals surface area contributed by atoms with Gasteiger partial charge in [0.25, 0.3) is 0 Å². The number of nitrogens with two attached hydrogens (primary N) is 1. The molecule has 2 aliphatic carbocycles. The van der Waals surface area contributed by atoms with Gasteiger partial charge in [-0.15, -0.1) is 0 Å². The fourth-order valence-electron chi connectivity index (χ4n) is 4.68. The summed E-state index contributed by atoms with van der Waals surface area (Å²) in [6.45, 7) is 0.971. The van der Waals surface area contributed by atoms with Crippen LogP contribution in [0.4, 0.5) is 0 Å². The first-order valence-corrected chi connectivity index (χ1v) is 9.37. The highest BCUT2D eigenvalue weighted by molar-refractivity contribution is 5.53. The largest absolute Gasteiger partial charge is 0.493 e. The van der Waals surface area contributed by atoms with Crippen LogP contribution in [0, 0.1) is 11.8 Å². The summed E-state index contributed by atoms with van der Waals surface area (Å²) in [6, 6.07) is 4.91. The smallest absolute Gasteiger partial charge is 0.203 e. The van der Waals surface area contributed by atoms with Crippen molar-refractivity contribution >= 4 is 0 Å². The van der Waals surface area contributed by atoms with Gasteiger partial charge in [0.2, 0.25) is 5.75 Å². The topological polar surface area (TPSA) is 44.3 Å². The van der Waals surface area contributed by atoms with Gasteiger partial charge in [-0.3, -0.25) is 0 Å². The van der Waals surface area contributed by atoms with Gasteiger partial charge in [0.05, 0.1) is 27.4 Å². The first-order chi connectivity index (χ1) is 11.7. The first kappa shape index (κ1) is 17.4. The molecule has 24 heavy (non-hydrogen) atoms. The van der Waals surface area contributed by atoms with Gasteiger partial charge >= 0.3 is 0 Å². The van der Waals surface area contributed by atoms with Crippen molar-refractivity contribution in [1.82, 2.24) is 0 Å². The number of benzene rings is 1. The van der Waals surface area contributed by atoms with Crippen LogP contribution >= 0.6 is 0 Å². The minimum absolute atomic E-state index is 0.673. The maximum absolute atomic E-state index is 5.46. The minimum Gasteiger partial charge on any atom is -0.493 e. The number of rotatable bonds is 6. The highest BCUT2D eigenvalue weighted by Gasteiger charge is 2.33. The molecule has 134 valence electrons. The summed E-state index contributed by atoms with van der Waals surface area (Å²) in [5, 5.41) is 2.52. The number of hydrogen-bond acceptors (Lipinski definition) is 3. The highest BCUT2D eigenvalue weighted by atomic mass is 16.5. The molecule has 0 radical (unpaired) electrons. The van der Waals surface area contributed by atoms with E-state index in [1.54, 1.807) is 21.3 Å². The third-order valence-electron chi connectivity index (χ3n) is 5.99. The fourth-order valence-corrected chi connectivity index (χ4v) is 4.68. The molecule has 3 rings (SSSR count). The molecule has 4 nitrogen and oxygen atoms in total. The van der Waals surface area contributed by atoms with Gasteiger partial charge in [-0.05, 0) is 43.2 Å². The first-order valence-electron chi connectivity index (χ1n) is 9.37. The molecule has 0 aliphatic heterocycles. The molecule has 2 fully saturated rings. The average molecular weight is 334 g/mol. The lowest BCUT2D eigenvalue weighted by atomic mass is 9.69. The summed E-state index contributed by atoms with van der Waals surface area (Å²) in [6.07, 6.45) is 10.0. The molecule has 1 aromatic carbocycles. The molecule has 0 bridgehead atoms. The zero-order valence-corrected chi connectivity index (χ0v) is 15.3. The van der Waals surface area contributed by atoms with E-state index in [1.165, 1.54) is 50.5 Å². The predicted molar refractivity (Wildman–Crippen MR) is 94.8 cm³/mol. The average Bonchev–Trinajstić information content (AvgIpc) is 2.65. The van der Waals surface area contributed by atoms with Crippen molar-refractivity contribution in [1.29, 1.82) is 0 Å². The highest BCUT2D eigenvalue weighted by Crippen LogP contribution is 2.40. The molecule has 0 heterocycles. The second-order valence-corrected chi connectivity index (χ2v) is 7.35. The third kappa shape index (κ3) is 3.80. The SMILES string of the molecule is COc1cc(C[NH2+][C@H]2CC[C@@H]3CCCC[C@@H]3C2)cc(OC)c1OC. The Morgan fingerprint density at radius 1 is 0.875 bits per heavy atom. The Labute approximate surface area is 145 Å². The Kier molecular flexibility index (Phi) is 5.88. The van der Waals surface area contributed by atoms with Gasteiger partial charge in [-0.1, -0.05) is 19.3 Å². The molecular formula is C20H32NO3+. The number of methoxy groups -OCH3 is 3. The molecule has 0 amide bonds. The van der Waals surface area contributed by atoms with Gasteiger partial charge in [0.1, 0.15) is 6.54 Å². The molecule has 3 atom stereocenters. The van der Waals surface area contributed by atoms with Crippen molar-refractivity contribution in [3.05, 3.63) is 17.7 Å². The van der Waals surface area contributed by atoms with Crippen molar-refractivity contribution in [3.8, 4) is 17.2 Å². The second-order valence-electron chi connectivity index (χ2n) is 7.35. The van der Waals surface area contributed by atoms with Crippen LogP contribution in [0.1, 0.15) is 50.5 Å². The van der Waals surface area contributed by atoms with E-state index in [0.29, 0.717) is 5.75 Å². The van der Waals surface area contributed by atoms with Crippen LogP contribution in [-0.2, 0) is 6.54 Å². The summed E-state index contributed by atoms with van der Waals surface area (Å²) in [4.78, 5) is 0. The third-order valence-corrected chi connectivity index (χ3v) is 5.99. The summed E-state index contributed by atoms with van der Waals surface area (Å²) < 4.78 is 16.3. The molecule has 0 spiro atoms. The molecule has 0 unspecified atom stereocenters. The standard InChI is InChI=1S/C20H31NO3/c1-22-18-10-14(11-19(23-2)20(18)24-3)13-21-17-9-8-15-6-4-5-7-16(15)12-17/h10-11,15-17,21H,4-9,12-13H2,1-3H3/p+1/t15-,16+,17-/m0/s1. The van der Waals surface area contributed by atoms with Crippen LogP contribution in [0.2, 0.25) is 0 Å². The van der Waals surface area contributed by atoms with E-state index in [2.05, 4.69) is 17.4 Å². The Bertz CT molecular complexity index is 521. The number of quaternary nitrogens is 1. The van der Waals surface area contributed by atoms with Gasteiger partial charge in [0, 0.05) is 12.0 Å². The normalized spacial score (nSPS) is 26.5. The zero-order valence-electron chi connectivity index (χ0n) is 15.3. The molecule has 4 heteroatoms. The van der Waals surface area contributed by atoms with Gasteiger partial charge in [0.15, 0.2) is 11.5 Å². The monoisotopic (exact) mass is 334 g/mol. The molecule has 2 aliphatic rings. The van der Waals surface area contributed by atoms with Gasteiger partial charge in [-0.2, -0.15) is 0 Å². The molecular weight excluding hydrogens is 302 g/mol. The lowest BCUT2D eigenvalue weighted by Gasteiger charge is -2.38. The van der Waals surface area contributed by atoms with Crippen molar-refractivity contribution in [2.75, 3.05) is 21.3 Å². The number of hydrogen-bond donors (Lipinski definition) is 1. The summed E-state index contributed by atoms with van der Waals surface area (Å²) in [5.74, 6) is 4.16. The van der Waals surface area contributed by atoms with Gasteiger partial charge < -0.3 is 19.5 Å². The molecule has 1 aromatic rings. The Morgan fingerprint density at radius 3 is 2.17 bits per heavy atom.